The van der Waals surface area contributed by atoms with E-state index < -0.39 is 10.0 Å². The molecular formula is C13H16ClN3O2S. The van der Waals surface area contributed by atoms with Crippen molar-refractivity contribution in [1.29, 1.82) is 5.26 Å². The molecule has 2 rings (SSSR count). The average molecular weight is 314 g/mol. The van der Waals surface area contributed by atoms with Crippen LogP contribution in [0.15, 0.2) is 18.2 Å². The molecule has 0 amide bonds. The summed E-state index contributed by atoms with van der Waals surface area (Å²) in [6.45, 7) is 0.750. The number of nitrogens with zero attached hydrogens (tertiary/aromatic N) is 2. The lowest BCUT2D eigenvalue weighted by atomic mass is 10.1. The molecule has 0 bridgehead atoms. The Morgan fingerprint density at radius 3 is 2.95 bits per heavy atom. The van der Waals surface area contributed by atoms with Crippen molar-refractivity contribution in [3.05, 3.63) is 28.8 Å². The van der Waals surface area contributed by atoms with E-state index in [0.29, 0.717) is 10.6 Å². The Balaban J connectivity index is 2.30. The van der Waals surface area contributed by atoms with Crippen molar-refractivity contribution in [1.82, 2.24) is 4.72 Å². The van der Waals surface area contributed by atoms with E-state index in [0.717, 1.165) is 25.1 Å². The maximum Gasteiger partial charge on any atom is 0.213 e. The van der Waals surface area contributed by atoms with Gasteiger partial charge in [0.25, 0.3) is 0 Å². The number of hydrogen-bond acceptors (Lipinski definition) is 4. The number of anilines is 1. The van der Waals surface area contributed by atoms with Crippen LogP contribution in [0.1, 0.15) is 18.4 Å². The molecule has 5 nitrogen and oxygen atoms in total. The van der Waals surface area contributed by atoms with Crippen LogP contribution in [0.25, 0.3) is 0 Å². The number of hydrogen-bond donors (Lipinski definition) is 1. The molecule has 1 aliphatic rings. The first-order valence-electron chi connectivity index (χ1n) is 6.34. The van der Waals surface area contributed by atoms with Gasteiger partial charge in [0.05, 0.1) is 17.0 Å². The Kier molecular flexibility index (Phi) is 4.53. The van der Waals surface area contributed by atoms with Crippen LogP contribution in [0.3, 0.4) is 0 Å². The Labute approximate surface area is 124 Å². The van der Waals surface area contributed by atoms with Gasteiger partial charge in [-0.25, -0.2) is 13.1 Å². The molecule has 20 heavy (non-hydrogen) atoms. The van der Waals surface area contributed by atoms with Gasteiger partial charge >= 0.3 is 0 Å². The first kappa shape index (κ1) is 15.1. The lowest BCUT2D eigenvalue weighted by Crippen LogP contribution is -2.38. The first-order valence-corrected chi connectivity index (χ1v) is 8.37. The molecular weight excluding hydrogens is 298 g/mol. The molecule has 1 saturated heterocycles. The summed E-state index contributed by atoms with van der Waals surface area (Å²) in [5.41, 5.74) is 1.23. The van der Waals surface area contributed by atoms with Gasteiger partial charge in [-0.05, 0) is 38.1 Å². The van der Waals surface area contributed by atoms with Crippen molar-refractivity contribution in [2.45, 2.75) is 18.9 Å². The Bertz CT molecular complexity index is 640. The lowest BCUT2D eigenvalue weighted by Gasteiger charge is -2.27. The van der Waals surface area contributed by atoms with Crippen molar-refractivity contribution in [3.8, 4) is 6.07 Å². The van der Waals surface area contributed by atoms with Gasteiger partial charge in [-0.1, -0.05) is 11.6 Å². The van der Waals surface area contributed by atoms with Crippen LogP contribution in [-0.4, -0.2) is 33.8 Å². The predicted octanol–water partition coefficient (Wildman–Crippen LogP) is 1.73. The molecule has 0 spiro atoms. The monoisotopic (exact) mass is 313 g/mol. The Hall–Kier alpha value is -1.29. The summed E-state index contributed by atoms with van der Waals surface area (Å²) in [6.07, 6.45) is 1.71. The van der Waals surface area contributed by atoms with E-state index in [1.54, 1.807) is 18.2 Å². The number of nitrogens with one attached hydrogen (secondary N) is 1. The van der Waals surface area contributed by atoms with Gasteiger partial charge in [0.15, 0.2) is 0 Å². The fraction of sp³-hybridized carbons (Fsp3) is 0.462. The third kappa shape index (κ3) is 3.23. The van der Waals surface area contributed by atoms with Gasteiger partial charge in [0, 0.05) is 17.6 Å². The zero-order chi connectivity index (χ0) is 14.8. The minimum absolute atomic E-state index is 0.0387. The molecule has 1 heterocycles. The largest absolute Gasteiger partial charge is 0.366 e. The van der Waals surface area contributed by atoms with E-state index in [2.05, 4.69) is 10.8 Å². The average Bonchev–Trinajstić information content (AvgIpc) is 2.85. The first-order chi connectivity index (χ1) is 9.46. The van der Waals surface area contributed by atoms with Gasteiger partial charge in [0.2, 0.25) is 10.0 Å². The van der Waals surface area contributed by atoms with Gasteiger partial charge in [0.1, 0.15) is 6.07 Å². The zero-order valence-electron chi connectivity index (χ0n) is 11.1. The number of benzene rings is 1. The minimum atomic E-state index is -3.27. The van der Waals surface area contributed by atoms with Crippen molar-refractivity contribution in [2.24, 2.45) is 0 Å². The van der Waals surface area contributed by atoms with E-state index in [1.165, 1.54) is 7.05 Å². The highest BCUT2D eigenvalue weighted by Gasteiger charge is 2.30. The van der Waals surface area contributed by atoms with Gasteiger partial charge in [-0.3, -0.25) is 0 Å². The maximum absolute atomic E-state index is 11.7. The van der Waals surface area contributed by atoms with Crippen molar-refractivity contribution < 1.29 is 8.42 Å². The van der Waals surface area contributed by atoms with Crippen LogP contribution in [0.5, 0.6) is 0 Å². The lowest BCUT2D eigenvalue weighted by molar-refractivity contribution is 0.577. The molecule has 0 aliphatic carbocycles. The molecule has 0 radical (unpaired) electrons. The molecule has 1 aromatic rings. The third-order valence-electron chi connectivity index (χ3n) is 3.49. The SMILES string of the molecule is CNS(=O)(=O)CC1CCCN1c1ccc(Cl)cc1C#N. The highest BCUT2D eigenvalue weighted by atomic mass is 35.5. The van der Waals surface area contributed by atoms with E-state index in [9.17, 15) is 13.7 Å². The third-order valence-corrected chi connectivity index (χ3v) is 5.17. The van der Waals surface area contributed by atoms with E-state index in [-0.39, 0.29) is 11.8 Å². The molecule has 7 heteroatoms. The Morgan fingerprint density at radius 2 is 2.30 bits per heavy atom. The van der Waals surface area contributed by atoms with Crippen LogP contribution in [0, 0.1) is 11.3 Å². The number of halogens is 1. The second-order valence-corrected chi connectivity index (χ2v) is 7.16. The molecule has 0 aromatic heterocycles. The minimum Gasteiger partial charge on any atom is -0.366 e. The smallest absolute Gasteiger partial charge is 0.213 e. The van der Waals surface area contributed by atoms with Crippen LogP contribution >= 0.6 is 11.6 Å². The molecule has 1 aromatic carbocycles. The van der Waals surface area contributed by atoms with Crippen molar-refractivity contribution >= 4 is 27.3 Å². The van der Waals surface area contributed by atoms with Crippen molar-refractivity contribution in [3.63, 3.8) is 0 Å². The fourth-order valence-corrected chi connectivity index (χ4v) is 3.70. The molecule has 108 valence electrons. The van der Waals surface area contributed by atoms with Crippen LogP contribution in [-0.2, 0) is 10.0 Å². The summed E-state index contributed by atoms with van der Waals surface area (Å²) >= 11 is 5.89. The zero-order valence-corrected chi connectivity index (χ0v) is 12.7. The predicted molar refractivity (Wildman–Crippen MR) is 79.4 cm³/mol. The quantitative estimate of drug-likeness (QED) is 0.918. The summed E-state index contributed by atoms with van der Waals surface area (Å²) in [6, 6.07) is 7.12. The summed E-state index contributed by atoms with van der Waals surface area (Å²) in [5, 5.41) is 9.71. The summed E-state index contributed by atoms with van der Waals surface area (Å²) < 4.78 is 25.8. The summed E-state index contributed by atoms with van der Waals surface area (Å²) in [7, 11) is -1.86. The normalized spacial score (nSPS) is 19.1. The Morgan fingerprint density at radius 1 is 1.55 bits per heavy atom. The van der Waals surface area contributed by atoms with Crippen molar-refractivity contribution in [2.75, 3.05) is 24.2 Å². The van der Waals surface area contributed by atoms with E-state index >= 15 is 0 Å². The van der Waals surface area contributed by atoms with Gasteiger partial charge in [-0.2, -0.15) is 5.26 Å². The molecule has 1 unspecified atom stereocenters. The van der Waals surface area contributed by atoms with E-state index in [1.807, 2.05) is 4.90 Å². The summed E-state index contributed by atoms with van der Waals surface area (Å²) in [5.74, 6) is 0.0387. The molecule has 1 fully saturated rings. The second kappa shape index (κ2) is 6.00. The topological polar surface area (TPSA) is 73.2 Å². The van der Waals surface area contributed by atoms with Crippen LogP contribution in [0.4, 0.5) is 5.69 Å². The number of sulfonamides is 1. The molecule has 1 aliphatic heterocycles. The second-order valence-electron chi connectivity index (χ2n) is 4.75. The van der Waals surface area contributed by atoms with E-state index in [4.69, 9.17) is 11.6 Å². The van der Waals surface area contributed by atoms with Gasteiger partial charge < -0.3 is 4.90 Å². The highest BCUT2D eigenvalue weighted by Crippen LogP contribution is 2.30. The summed E-state index contributed by atoms with van der Waals surface area (Å²) in [4.78, 5) is 1.99. The van der Waals surface area contributed by atoms with Crippen LogP contribution < -0.4 is 9.62 Å². The highest BCUT2D eigenvalue weighted by molar-refractivity contribution is 7.89. The molecule has 1 atom stereocenters. The van der Waals surface area contributed by atoms with Crippen LogP contribution in [0.2, 0.25) is 5.02 Å². The molecule has 1 N–H and O–H groups in total. The maximum atomic E-state index is 11.7. The standard InChI is InChI=1S/C13H16ClN3O2S/c1-16-20(18,19)9-12-3-2-6-17(12)13-5-4-11(14)7-10(13)8-15/h4-5,7,12,16H,2-3,6,9H2,1H3. The van der Waals surface area contributed by atoms with Gasteiger partial charge in [-0.15, -0.1) is 0 Å². The fourth-order valence-electron chi connectivity index (χ4n) is 2.51. The number of rotatable bonds is 4. The number of nitriles is 1. The molecule has 0 saturated carbocycles.